The number of ether oxygens (including phenoxy) is 2. The molecule has 0 saturated heterocycles. The lowest BCUT2D eigenvalue weighted by Crippen LogP contribution is -2.01. The predicted octanol–water partition coefficient (Wildman–Crippen LogP) is 1.47. The molecule has 0 aliphatic carbocycles. The molecule has 1 rings (SSSR count). The lowest BCUT2D eigenvalue weighted by atomic mass is 10.1. The van der Waals surface area contributed by atoms with Crippen molar-refractivity contribution in [1.29, 1.82) is 0 Å². The lowest BCUT2D eigenvalue weighted by Gasteiger charge is -2.11. The zero-order valence-corrected chi connectivity index (χ0v) is 8.21. The van der Waals surface area contributed by atoms with Crippen LogP contribution < -0.4 is 4.74 Å². The molecule has 0 fully saturated rings. The van der Waals surface area contributed by atoms with Crippen LogP contribution in [0.15, 0.2) is 12.1 Å². The van der Waals surface area contributed by atoms with E-state index in [1.807, 2.05) is 0 Å². The Hall–Kier alpha value is -1.13. The van der Waals surface area contributed by atoms with Crippen molar-refractivity contribution in [3.8, 4) is 5.75 Å². The Labute approximate surface area is 82.1 Å². The SMILES string of the molecule is COCc1cc(F)cc(OC)c1CO. The molecule has 1 N–H and O–H groups in total. The van der Waals surface area contributed by atoms with Crippen molar-refractivity contribution in [3.63, 3.8) is 0 Å². The number of aliphatic hydroxyl groups excluding tert-OH is 1. The standard InChI is InChI=1S/C10H13FO3/c1-13-6-7-3-8(11)4-10(14-2)9(7)5-12/h3-4,12H,5-6H2,1-2H3. The molecule has 3 nitrogen and oxygen atoms in total. The molecule has 14 heavy (non-hydrogen) atoms. The van der Waals surface area contributed by atoms with E-state index >= 15 is 0 Å². The number of hydrogen-bond donors (Lipinski definition) is 1. The van der Waals surface area contributed by atoms with E-state index in [2.05, 4.69) is 0 Å². The number of methoxy groups -OCH3 is 2. The van der Waals surface area contributed by atoms with Crippen LogP contribution in [0.5, 0.6) is 5.75 Å². The first-order valence-corrected chi connectivity index (χ1v) is 4.18. The second kappa shape index (κ2) is 4.93. The van der Waals surface area contributed by atoms with Crippen LogP contribution in [0, 0.1) is 5.82 Å². The summed E-state index contributed by atoms with van der Waals surface area (Å²) in [4.78, 5) is 0. The second-order valence-electron chi connectivity index (χ2n) is 2.84. The monoisotopic (exact) mass is 200 g/mol. The number of rotatable bonds is 4. The van der Waals surface area contributed by atoms with E-state index in [0.717, 1.165) is 0 Å². The van der Waals surface area contributed by atoms with Crippen molar-refractivity contribution < 1.29 is 19.0 Å². The molecule has 0 amide bonds. The van der Waals surface area contributed by atoms with E-state index < -0.39 is 5.82 Å². The largest absolute Gasteiger partial charge is 0.496 e. The molecule has 0 spiro atoms. The molecule has 0 aliphatic heterocycles. The molecule has 1 aromatic rings. The molecule has 0 aromatic heterocycles. The van der Waals surface area contributed by atoms with E-state index in [4.69, 9.17) is 14.6 Å². The van der Waals surface area contributed by atoms with Crippen LogP contribution >= 0.6 is 0 Å². The van der Waals surface area contributed by atoms with Gasteiger partial charge in [-0.25, -0.2) is 4.39 Å². The van der Waals surface area contributed by atoms with Gasteiger partial charge >= 0.3 is 0 Å². The average Bonchev–Trinajstić information content (AvgIpc) is 2.17. The Morgan fingerprint density at radius 3 is 2.57 bits per heavy atom. The molecule has 0 unspecified atom stereocenters. The van der Waals surface area contributed by atoms with Crippen LogP contribution in [-0.4, -0.2) is 19.3 Å². The van der Waals surface area contributed by atoms with E-state index in [1.165, 1.54) is 26.4 Å². The normalized spacial score (nSPS) is 10.3. The minimum Gasteiger partial charge on any atom is -0.496 e. The topological polar surface area (TPSA) is 38.7 Å². The summed E-state index contributed by atoms with van der Waals surface area (Å²) in [5.74, 6) is -0.0503. The molecule has 0 bridgehead atoms. The summed E-state index contributed by atoms with van der Waals surface area (Å²) < 4.78 is 22.9. The zero-order valence-electron chi connectivity index (χ0n) is 8.21. The quantitative estimate of drug-likeness (QED) is 0.800. The highest BCUT2D eigenvalue weighted by atomic mass is 19.1. The summed E-state index contributed by atoms with van der Waals surface area (Å²) in [6.07, 6.45) is 0. The van der Waals surface area contributed by atoms with Crippen LogP contribution in [-0.2, 0) is 18.0 Å². The van der Waals surface area contributed by atoms with Crippen molar-refractivity contribution in [2.45, 2.75) is 13.2 Å². The molecule has 0 atom stereocenters. The fourth-order valence-electron chi connectivity index (χ4n) is 1.31. The first kappa shape index (κ1) is 10.9. The van der Waals surface area contributed by atoms with Crippen LogP contribution in [0.4, 0.5) is 4.39 Å². The molecule has 0 aliphatic rings. The van der Waals surface area contributed by atoms with Gasteiger partial charge in [0.05, 0.1) is 20.3 Å². The molecule has 1 aromatic carbocycles. The second-order valence-corrected chi connectivity index (χ2v) is 2.84. The van der Waals surface area contributed by atoms with Gasteiger partial charge in [0.1, 0.15) is 11.6 Å². The Kier molecular flexibility index (Phi) is 3.85. The van der Waals surface area contributed by atoms with Gasteiger partial charge in [-0.3, -0.25) is 0 Å². The van der Waals surface area contributed by atoms with Crippen molar-refractivity contribution in [1.82, 2.24) is 0 Å². The van der Waals surface area contributed by atoms with Gasteiger partial charge in [-0.05, 0) is 11.6 Å². The molecule has 0 saturated carbocycles. The maximum absolute atomic E-state index is 13.0. The van der Waals surface area contributed by atoms with E-state index in [9.17, 15) is 4.39 Å². The predicted molar refractivity (Wildman–Crippen MR) is 49.6 cm³/mol. The summed E-state index contributed by atoms with van der Waals surface area (Å²) in [7, 11) is 2.95. The van der Waals surface area contributed by atoms with E-state index in [1.54, 1.807) is 0 Å². The molecule has 4 heteroatoms. The molecular formula is C10H13FO3. The van der Waals surface area contributed by atoms with Gasteiger partial charge in [0.15, 0.2) is 0 Å². The van der Waals surface area contributed by atoms with Gasteiger partial charge in [0, 0.05) is 18.7 Å². The fourth-order valence-corrected chi connectivity index (χ4v) is 1.31. The Morgan fingerprint density at radius 2 is 2.07 bits per heavy atom. The summed E-state index contributed by atoms with van der Waals surface area (Å²) in [6, 6.07) is 2.57. The van der Waals surface area contributed by atoms with Crippen molar-refractivity contribution in [3.05, 3.63) is 29.1 Å². The highest BCUT2D eigenvalue weighted by Crippen LogP contribution is 2.24. The summed E-state index contributed by atoms with van der Waals surface area (Å²) in [5, 5.41) is 9.09. The van der Waals surface area contributed by atoms with Gasteiger partial charge < -0.3 is 14.6 Å². The summed E-state index contributed by atoms with van der Waals surface area (Å²) in [5.41, 5.74) is 1.17. The van der Waals surface area contributed by atoms with Crippen LogP contribution in [0.3, 0.4) is 0 Å². The van der Waals surface area contributed by atoms with E-state index in [-0.39, 0.29) is 13.2 Å². The summed E-state index contributed by atoms with van der Waals surface area (Å²) >= 11 is 0. The van der Waals surface area contributed by atoms with Crippen molar-refractivity contribution in [2.24, 2.45) is 0 Å². The number of benzene rings is 1. The number of hydrogen-bond acceptors (Lipinski definition) is 3. The third-order valence-corrected chi connectivity index (χ3v) is 1.94. The number of aliphatic hydroxyl groups is 1. The maximum atomic E-state index is 13.0. The third kappa shape index (κ3) is 2.21. The lowest BCUT2D eigenvalue weighted by molar-refractivity contribution is 0.180. The van der Waals surface area contributed by atoms with Crippen LogP contribution in [0.2, 0.25) is 0 Å². The smallest absolute Gasteiger partial charge is 0.127 e. The average molecular weight is 200 g/mol. The van der Waals surface area contributed by atoms with Crippen molar-refractivity contribution in [2.75, 3.05) is 14.2 Å². The Bertz CT molecular complexity index is 312. The van der Waals surface area contributed by atoms with E-state index in [0.29, 0.717) is 16.9 Å². The molecule has 0 radical (unpaired) electrons. The van der Waals surface area contributed by atoms with Crippen molar-refractivity contribution >= 4 is 0 Å². The number of halogens is 1. The first-order chi connectivity index (χ1) is 6.72. The molecule has 0 heterocycles. The van der Waals surface area contributed by atoms with Gasteiger partial charge in [0.2, 0.25) is 0 Å². The maximum Gasteiger partial charge on any atom is 0.127 e. The summed E-state index contributed by atoms with van der Waals surface area (Å²) in [6.45, 7) is 0.0617. The van der Waals surface area contributed by atoms with Crippen LogP contribution in [0.1, 0.15) is 11.1 Å². The fraction of sp³-hybridized carbons (Fsp3) is 0.400. The minimum atomic E-state index is -0.397. The van der Waals surface area contributed by atoms with Gasteiger partial charge in [-0.2, -0.15) is 0 Å². The van der Waals surface area contributed by atoms with Gasteiger partial charge in [-0.1, -0.05) is 0 Å². The van der Waals surface area contributed by atoms with Gasteiger partial charge in [0.25, 0.3) is 0 Å². The third-order valence-electron chi connectivity index (χ3n) is 1.94. The Morgan fingerprint density at radius 1 is 1.36 bits per heavy atom. The highest BCUT2D eigenvalue weighted by Gasteiger charge is 2.10. The van der Waals surface area contributed by atoms with Crippen LogP contribution in [0.25, 0.3) is 0 Å². The Balaban J connectivity index is 3.17. The first-order valence-electron chi connectivity index (χ1n) is 4.18. The highest BCUT2D eigenvalue weighted by molar-refractivity contribution is 5.40. The van der Waals surface area contributed by atoms with Gasteiger partial charge in [-0.15, -0.1) is 0 Å². The zero-order chi connectivity index (χ0) is 10.6. The molecule has 78 valence electrons. The molecular weight excluding hydrogens is 187 g/mol. The minimum absolute atomic E-state index is 0.192.